The standard InChI is InChI=1S/C8H22N2Si/c1-5-9-7-10-11-6-8(2,3)4/h9-10H,5-7,11H2,1-4H3. The largest absolute Gasteiger partial charge is 0.331 e. The van der Waals surface area contributed by atoms with Gasteiger partial charge in [-0.05, 0) is 18.0 Å². The molecular formula is C8H22N2Si. The molecule has 0 aliphatic heterocycles. The number of nitrogens with one attached hydrogen (secondary N) is 2. The first-order chi connectivity index (χ1) is 5.06. The van der Waals surface area contributed by atoms with Crippen LogP contribution in [0, 0.1) is 5.41 Å². The van der Waals surface area contributed by atoms with Crippen LogP contribution in [0.2, 0.25) is 6.04 Å². The molecule has 11 heavy (non-hydrogen) atoms. The van der Waals surface area contributed by atoms with Crippen LogP contribution in [-0.2, 0) is 0 Å². The molecule has 0 aromatic carbocycles. The fourth-order valence-corrected chi connectivity index (χ4v) is 2.05. The van der Waals surface area contributed by atoms with Crippen molar-refractivity contribution < 1.29 is 0 Å². The van der Waals surface area contributed by atoms with Gasteiger partial charge >= 0.3 is 0 Å². The van der Waals surface area contributed by atoms with E-state index in [1.165, 1.54) is 6.04 Å². The summed E-state index contributed by atoms with van der Waals surface area (Å²) in [5.74, 6) is 0. The highest BCUT2D eigenvalue weighted by molar-refractivity contribution is 6.32. The van der Waals surface area contributed by atoms with Crippen molar-refractivity contribution in [1.29, 1.82) is 0 Å². The number of rotatable bonds is 5. The molecule has 2 N–H and O–H groups in total. The molecule has 0 rings (SSSR count). The SMILES string of the molecule is CCNCN[SiH2]CC(C)(C)C. The van der Waals surface area contributed by atoms with Crippen LogP contribution in [0.1, 0.15) is 27.7 Å². The van der Waals surface area contributed by atoms with E-state index in [-0.39, 0.29) is 9.68 Å². The minimum absolute atomic E-state index is 0.0257. The lowest BCUT2D eigenvalue weighted by atomic mass is 10.0. The second kappa shape index (κ2) is 5.74. The van der Waals surface area contributed by atoms with Crippen LogP contribution in [0.25, 0.3) is 0 Å². The Morgan fingerprint density at radius 3 is 2.36 bits per heavy atom. The summed E-state index contributed by atoms with van der Waals surface area (Å²) in [6, 6.07) is 1.37. The van der Waals surface area contributed by atoms with E-state index in [0.29, 0.717) is 5.41 Å². The van der Waals surface area contributed by atoms with Crippen LogP contribution in [0.15, 0.2) is 0 Å². The van der Waals surface area contributed by atoms with Crippen molar-refractivity contribution in [3.63, 3.8) is 0 Å². The van der Waals surface area contributed by atoms with Gasteiger partial charge in [-0.25, -0.2) is 0 Å². The van der Waals surface area contributed by atoms with E-state index in [0.717, 1.165) is 13.2 Å². The van der Waals surface area contributed by atoms with E-state index < -0.39 is 0 Å². The third-order valence-corrected chi connectivity index (χ3v) is 3.91. The van der Waals surface area contributed by atoms with Crippen LogP contribution >= 0.6 is 0 Å². The summed E-state index contributed by atoms with van der Waals surface area (Å²) in [4.78, 5) is 3.47. The molecule has 0 aliphatic carbocycles. The molecule has 0 aliphatic rings. The molecule has 0 amide bonds. The zero-order valence-electron chi connectivity index (χ0n) is 8.33. The lowest BCUT2D eigenvalue weighted by Gasteiger charge is -2.17. The summed E-state index contributed by atoms with van der Waals surface area (Å²) in [6.07, 6.45) is 0. The normalized spacial score (nSPS) is 13.1. The van der Waals surface area contributed by atoms with Crippen LogP contribution < -0.4 is 10.3 Å². The summed E-state index contributed by atoms with van der Waals surface area (Å²) < 4.78 is 0. The van der Waals surface area contributed by atoms with Gasteiger partial charge in [0.2, 0.25) is 0 Å². The molecule has 0 radical (unpaired) electrons. The summed E-state index contributed by atoms with van der Waals surface area (Å²) in [5.41, 5.74) is 0.519. The Morgan fingerprint density at radius 1 is 1.27 bits per heavy atom. The van der Waals surface area contributed by atoms with E-state index in [1.54, 1.807) is 0 Å². The molecule has 2 nitrogen and oxygen atoms in total. The average Bonchev–Trinajstić information content (AvgIpc) is 1.85. The Morgan fingerprint density at radius 2 is 1.91 bits per heavy atom. The van der Waals surface area contributed by atoms with Crippen molar-refractivity contribution in [1.82, 2.24) is 10.3 Å². The van der Waals surface area contributed by atoms with Crippen molar-refractivity contribution in [3.05, 3.63) is 0 Å². The van der Waals surface area contributed by atoms with Gasteiger partial charge in [0.05, 0.1) is 9.68 Å². The van der Waals surface area contributed by atoms with E-state index in [4.69, 9.17) is 0 Å². The summed E-state index contributed by atoms with van der Waals surface area (Å²) in [7, 11) is -0.0257. The molecule has 0 aromatic rings. The predicted octanol–water partition coefficient (Wildman–Crippen LogP) is 0.691. The molecule has 0 bridgehead atoms. The van der Waals surface area contributed by atoms with Gasteiger partial charge in [0.25, 0.3) is 0 Å². The van der Waals surface area contributed by atoms with Gasteiger partial charge in [-0.2, -0.15) is 0 Å². The number of hydrogen-bond donors (Lipinski definition) is 2. The molecule has 0 fully saturated rings. The lowest BCUT2D eigenvalue weighted by Crippen LogP contribution is -2.32. The zero-order valence-corrected chi connectivity index (χ0v) is 9.74. The van der Waals surface area contributed by atoms with Crippen molar-refractivity contribution >= 4 is 9.68 Å². The highest BCUT2D eigenvalue weighted by Gasteiger charge is 2.08. The van der Waals surface area contributed by atoms with Gasteiger partial charge in [-0.1, -0.05) is 27.7 Å². The molecule has 3 heteroatoms. The van der Waals surface area contributed by atoms with Crippen LogP contribution in [0.3, 0.4) is 0 Å². The molecule has 0 atom stereocenters. The topological polar surface area (TPSA) is 24.1 Å². The predicted molar refractivity (Wildman–Crippen MR) is 54.5 cm³/mol. The van der Waals surface area contributed by atoms with Gasteiger partial charge in [-0.15, -0.1) is 0 Å². The molecule has 68 valence electrons. The van der Waals surface area contributed by atoms with Crippen molar-refractivity contribution in [3.8, 4) is 0 Å². The second-order valence-electron chi connectivity index (χ2n) is 4.09. The Bertz CT molecular complexity index is 88.6. The van der Waals surface area contributed by atoms with E-state index in [1.807, 2.05) is 0 Å². The van der Waals surface area contributed by atoms with Crippen molar-refractivity contribution in [2.75, 3.05) is 13.2 Å². The third-order valence-electron chi connectivity index (χ3n) is 1.55. The maximum Gasteiger partial charge on any atom is 0.0935 e. The molecule has 0 saturated carbocycles. The maximum atomic E-state index is 3.47. The van der Waals surface area contributed by atoms with Gasteiger partial charge in [0.1, 0.15) is 0 Å². The van der Waals surface area contributed by atoms with Gasteiger partial charge in [-0.3, -0.25) is 0 Å². The van der Waals surface area contributed by atoms with Crippen molar-refractivity contribution in [2.24, 2.45) is 5.41 Å². The lowest BCUT2D eigenvalue weighted by molar-refractivity contribution is 0.464. The Labute approximate surface area is 73.0 Å². The van der Waals surface area contributed by atoms with Crippen LogP contribution in [-0.4, -0.2) is 22.9 Å². The molecule has 0 saturated heterocycles. The first kappa shape index (κ1) is 11.1. The van der Waals surface area contributed by atoms with E-state index >= 15 is 0 Å². The highest BCUT2D eigenvalue weighted by atomic mass is 28.2. The van der Waals surface area contributed by atoms with Gasteiger partial charge in [0, 0.05) is 6.67 Å². The van der Waals surface area contributed by atoms with E-state index in [2.05, 4.69) is 38.0 Å². The highest BCUT2D eigenvalue weighted by Crippen LogP contribution is 2.17. The van der Waals surface area contributed by atoms with Crippen LogP contribution in [0.5, 0.6) is 0 Å². The molecule has 0 unspecified atom stereocenters. The minimum Gasteiger partial charge on any atom is -0.331 e. The molecule has 0 heterocycles. The quantitative estimate of drug-likeness (QED) is 0.364. The Kier molecular flexibility index (Phi) is 5.82. The smallest absolute Gasteiger partial charge is 0.0935 e. The minimum atomic E-state index is -0.0257. The average molecular weight is 174 g/mol. The van der Waals surface area contributed by atoms with Gasteiger partial charge in [0.15, 0.2) is 0 Å². The van der Waals surface area contributed by atoms with Gasteiger partial charge < -0.3 is 10.3 Å². The third kappa shape index (κ3) is 10.1. The molecule has 0 spiro atoms. The fraction of sp³-hybridized carbons (Fsp3) is 1.00. The Hall–Kier alpha value is 0.137. The first-order valence-corrected chi connectivity index (χ1v) is 6.18. The monoisotopic (exact) mass is 174 g/mol. The summed E-state index contributed by atoms with van der Waals surface area (Å²) in [5, 5.41) is 3.26. The second-order valence-corrected chi connectivity index (χ2v) is 5.59. The molecule has 0 aromatic heterocycles. The fourth-order valence-electron chi connectivity index (χ4n) is 0.765. The summed E-state index contributed by atoms with van der Waals surface area (Å²) in [6.45, 7) is 11.1. The maximum absolute atomic E-state index is 3.47. The Balaban J connectivity index is 3.02. The molecular weight excluding hydrogens is 152 g/mol. The zero-order chi connectivity index (χ0) is 8.74. The summed E-state index contributed by atoms with van der Waals surface area (Å²) >= 11 is 0. The first-order valence-electron chi connectivity index (χ1n) is 4.47. The van der Waals surface area contributed by atoms with Crippen LogP contribution in [0.4, 0.5) is 0 Å². The van der Waals surface area contributed by atoms with E-state index in [9.17, 15) is 0 Å². The van der Waals surface area contributed by atoms with Crippen molar-refractivity contribution in [2.45, 2.75) is 33.7 Å². The number of hydrogen-bond acceptors (Lipinski definition) is 2.